The van der Waals surface area contributed by atoms with Gasteiger partial charge in [0.25, 0.3) is 10.0 Å². The molecule has 0 unspecified atom stereocenters. The first-order valence-electron chi connectivity index (χ1n) is 7.80. The minimum absolute atomic E-state index is 0.115. The minimum atomic E-state index is -4.18. The molecule has 10 nitrogen and oxygen atoms in total. The fourth-order valence-electron chi connectivity index (χ4n) is 2.11. The lowest BCUT2D eigenvalue weighted by Crippen LogP contribution is -2.44. The van der Waals surface area contributed by atoms with Crippen molar-refractivity contribution in [3.8, 4) is 5.75 Å². The van der Waals surface area contributed by atoms with E-state index in [4.69, 9.17) is 9.57 Å². The van der Waals surface area contributed by atoms with Crippen LogP contribution in [0.25, 0.3) is 0 Å². The van der Waals surface area contributed by atoms with Crippen LogP contribution >= 0.6 is 0 Å². The summed E-state index contributed by atoms with van der Waals surface area (Å²) in [6, 6.07) is 3.67. The van der Waals surface area contributed by atoms with Gasteiger partial charge in [0.1, 0.15) is 28.9 Å². The molecule has 2 amide bonds. The molecule has 1 aliphatic rings. The second-order valence-corrected chi connectivity index (χ2v) is 7.10. The molecule has 0 radical (unpaired) electrons. The highest BCUT2D eigenvalue weighted by molar-refractivity contribution is 7.90. The molecule has 146 valence electrons. The molecule has 2 rings (SSSR count). The van der Waals surface area contributed by atoms with Crippen LogP contribution in [-0.4, -0.2) is 39.2 Å². The molecule has 0 saturated carbocycles. The number of hydroxylamine groups is 1. The maximum absolute atomic E-state index is 12.6. The fraction of sp³-hybridized carbons (Fsp3) is 0.250. The summed E-state index contributed by atoms with van der Waals surface area (Å²) in [5, 5.41) is 10.2. The van der Waals surface area contributed by atoms with Crippen LogP contribution in [0, 0.1) is 6.92 Å². The maximum atomic E-state index is 12.6. The predicted octanol–water partition coefficient (Wildman–Crippen LogP) is 1.15. The highest BCUT2D eigenvalue weighted by Gasteiger charge is 2.23. The average molecular weight is 395 g/mol. The van der Waals surface area contributed by atoms with Crippen molar-refractivity contribution in [1.82, 2.24) is 20.5 Å². The molecule has 3 N–H and O–H groups in total. The first-order valence-corrected chi connectivity index (χ1v) is 9.29. The standard InChI is InChI=1S/C16H21N5O5S/c1-5-8-26-13-7-6-11(2)9-14(13)27(23,24)20-16(22)18-15-10-21(25-4)19-12(3)17-15/h5-7,9-10H,1,8H2,2-4H3,(H,17,19)(H2,18,20,22). The number of urea groups is 1. The monoisotopic (exact) mass is 395 g/mol. The maximum Gasteiger partial charge on any atom is 0.334 e. The number of nitrogens with one attached hydrogen (secondary N) is 3. The van der Waals surface area contributed by atoms with Crippen molar-refractivity contribution in [2.75, 3.05) is 13.7 Å². The third-order valence-electron chi connectivity index (χ3n) is 3.21. The quantitative estimate of drug-likeness (QED) is 0.592. The first kappa shape index (κ1) is 20.3. The Morgan fingerprint density at radius 3 is 2.81 bits per heavy atom. The van der Waals surface area contributed by atoms with Crippen molar-refractivity contribution in [3.05, 3.63) is 48.4 Å². The molecule has 1 aromatic carbocycles. The van der Waals surface area contributed by atoms with E-state index in [1.54, 1.807) is 19.9 Å². The van der Waals surface area contributed by atoms with E-state index in [2.05, 4.69) is 22.3 Å². The lowest BCUT2D eigenvalue weighted by Gasteiger charge is -2.21. The Kier molecular flexibility index (Phi) is 6.42. The number of ether oxygens (including phenoxy) is 1. The Balaban J connectivity index is 2.16. The Morgan fingerprint density at radius 2 is 2.15 bits per heavy atom. The molecule has 1 heterocycles. The number of hydrogen-bond acceptors (Lipinski definition) is 8. The number of benzene rings is 1. The van der Waals surface area contributed by atoms with Gasteiger partial charge in [-0.1, -0.05) is 18.7 Å². The van der Waals surface area contributed by atoms with Crippen LogP contribution in [0.2, 0.25) is 0 Å². The predicted molar refractivity (Wildman–Crippen MR) is 98.9 cm³/mol. The number of amides is 2. The molecular formula is C16H21N5O5S. The summed E-state index contributed by atoms with van der Waals surface area (Å²) in [6.45, 7) is 7.03. The van der Waals surface area contributed by atoms with Gasteiger partial charge in [-0.3, -0.25) is 10.2 Å². The normalized spacial score (nSPS) is 13.8. The molecule has 0 aromatic heterocycles. The number of rotatable bonds is 7. The van der Waals surface area contributed by atoms with Crippen molar-refractivity contribution < 1.29 is 22.8 Å². The van der Waals surface area contributed by atoms with Crippen molar-refractivity contribution in [2.24, 2.45) is 5.10 Å². The van der Waals surface area contributed by atoms with Crippen LogP contribution in [0.15, 0.2) is 52.9 Å². The number of hydrogen-bond donors (Lipinski definition) is 3. The van der Waals surface area contributed by atoms with E-state index in [1.807, 2.05) is 4.72 Å². The van der Waals surface area contributed by atoms with Crippen LogP contribution < -0.4 is 20.1 Å². The van der Waals surface area contributed by atoms with Crippen LogP contribution in [-0.2, 0) is 14.9 Å². The lowest BCUT2D eigenvalue weighted by molar-refractivity contribution is -0.0894. The molecule has 0 saturated heterocycles. The Hall–Kier alpha value is -3.05. The van der Waals surface area contributed by atoms with Crippen molar-refractivity contribution in [1.29, 1.82) is 0 Å². The summed E-state index contributed by atoms with van der Waals surface area (Å²) in [5.41, 5.74) is 0.695. The summed E-state index contributed by atoms with van der Waals surface area (Å²) in [5.74, 6) is 0.741. The molecule has 1 aromatic rings. The van der Waals surface area contributed by atoms with Crippen LogP contribution in [0.1, 0.15) is 12.5 Å². The summed E-state index contributed by atoms with van der Waals surface area (Å²) >= 11 is 0. The highest BCUT2D eigenvalue weighted by atomic mass is 32.2. The van der Waals surface area contributed by atoms with E-state index < -0.39 is 16.1 Å². The molecule has 11 heteroatoms. The Bertz CT molecular complexity index is 894. The molecule has 0 atom stereocenters. The van der Waals surface area contributed by atoms with E-state index >= 15 is 0 Å². The third-order valence-corrected chi connectivity index (χ3v) is 4.56. The lowest BCUT2D eigenvalue weighted by atomic mass is 10.2. The third kappa shape index (κ3) is 5.46. The van der Waals surface area contributed by atoms with Crippen LogP contribution in [0.3, 0.4) is 0 Å². The molecule has 0 bridgehead atoms. The highest BCUT2D eigenvalue weighted by Crippen LogP contribution is 2.25. The Morgan fingerprint density at radius 1 is 1.41 bits per heavy atom. The van der Waals surface area contributed by atoms with Gasteiger partial charge < -0.3 is 10.1 Å². The van der Waals surface area contributed by atoms with Crippen LogP contribution in [0.5, 0.6) is 5.75 Å². The van der Waals surface area contributed by atoms with E-state index in [0.717, 1.165) is 5.17 Å². The van der Waals surface area contributed by atoms with E-state index in [-0.39, 0.29) is 23.1 Å². The smallest absolute Gasteiger partial charge is 0.334 e. The van der Waals surface area contributed by atoms with Gasteiger partial charge in [0.2, 0.25) is 0 Å². The molecule has 1 aliphatic heterocycles. The molecule has 0 fully saturated rings. The first-order chi connectivity index (χ1) is 12.7. The molecular weight excluding hydrogens is 374 g/mol. The SMILES string of the molecule is C=CCOc1ccc(C)cc1S(=O)(=O)NC(=O)NC1=CN(OC)N=C(C)N1. The largest absolute Gasteiger partial charge is 0.488 e. The van der Waals surface area contributed by atoms with Crippen molar-refractivity contribution >= 4 is 21.9 Å². The van der Waals surface area contributed by atoms with Crippen molar-refractivity contribution in [2.45, 2.75) is 18.7 Å². The summed E-state index contributed by atoms with van der Waals surface area (Å²) in [6.07, 6.45) is 2.83. The second-order valence-electron chi connectivity index (χ2n) is 5.45. The molecule has 27 heavy (non-hydrogen) atoms. The Labute approximate surface area is 157 Å². The molecule has 0 spiro atoms. The number of aryl methyl sites for hydroxylation is 1. The van der Waals surface area contributed by atoms with E-state index in [1.165, 1.54) is 31.5 Å². The van der Waals surface area contributed by atoms with Gasteiger partial charge in [-0.25, -0.2) is 17.9 Å². The summed E-state index contributed by atoms with van der Waals surface area (Å²) < 4.78 is 32.6. The fourth-order valence-corrected chi connectivity index (χ4v) is 3.25. The second kappa shape index (κ2) is 8.56. The van der Waals surface area contributed by atoms with Gasteiger partial charge in [-0.05, 0) is 31.5 Å². The van der Waals surface area contributed by atoms with Crippen molar-refractivity contribution in [3.63, 3.8) is 0 Å². The van der Waals surface area contributed by atoms with Gasteiger partial charge in [0.15, 0.2) is 0 Å². The summed E-state index contributed by atoms with van der Waals surface area (Å²) in [4.78, 5) is 16.9. The van der Waals surface area contributed by atoms with Gasteiger partial charge >= 0.3 is 6.03 Å². The zero-order valence-electron chi connectivity index (χ0n) is 15.1. The zero-order chi connectivity index (χ0) is 20.0. The van der Waals surface area contributed by atoms with E-state index in [9.17, 15) is 13.2 Å². The van der Waals surface area contributed by atoms with Gasteiger partial charge in [-0.15, -0.1) is 10.3 Å². The number of nitrogens with zero attached hydrogens (tertiary/aromatic N) is 2. The average Bonchev–Trinajstić information content (AvgIpc) is 2.59. The molecule has 0 aliphatic carbocycles. The number of carbonyl (C=O) groups is 1. The number of amidine groups is 1. The van der Waals surface area contributed by atoms with Crippen LogP contribution in [0.4, 0.5) is 4.79 Å². The topological polar surface area (TPSA) is 121 Å². The number of sulfonamides is 1. The minimum Gasteiger partial charge on any atom is -0.488 e. The van der Waals surface area contributed by atoms with Gasteiger partial charge in [-0.2, -0.15) is 0 Å². The summed E-state index contributed by atoms with van der Waals surface area (Å²) in [7, 11) is -2.79. The number of hydrazone groups is 1. The number of carbonyl (C=O) groups excluding carboxylic acids is 1. The van der Waals surface area contributed by atoms with E-state index in [0.29, 0.717) is 11.4 Å². The zero-order valence-corrected chi connectivity index (χ0v) is 16.0. The van der Waals surface area contributed by atoms with Gasteiger partial charge in [0, 0.05) is 0 Å². The van der Waals surface area contributed by atoms with Gasteiger partial charge in [0.05, 0.1) is 13.3 Å².